The van der Waals surface area contributed by atoms with E-state index in [4.69, 9.17) is 0 Å². The minimum absolute atomic E-state index is 0.183. The average molecular weight is 270 g/mol. The van der Waals surface area contributed by atoms with Gasteiger partial charge in [0.1, 0.15) is 0 Å². The molecule has 0 heterocycles. The number of rotatable bonds is 6. The largest absolute Gasteiger partial charge is 0.0651 e. The Balaban J connectivity index is 2.39. The van der Waals surface area contributed by atoms with Gasteiger partial charge in [0, 0.05) is 0 Å². The lowest BCUT2D eigenvalue weighted by Gasteiger charge is -2.21. The fourth-order valence-corrected chi connectivity index (χ4v) is 5.03. The van der Waals surface area contributed by atoms with Crippen molar-refractivity contribution in [3.05, 3.63) is 60.2 Å². The Morgan fingerprint density at radius 3 is 2.16 bits per heavy atom. The highest BCUT2D eigenvalue weighted by atomic mass is 31.1. The summed E-state index contributed by atoms with van der Waals surface area (Å²) in [7, 11) is -0.183. The van der Waals surface area contributed by atoms with Crippen LogP contribution in [0.3, 0.4) is 0 Å². The Hall–Kier alpha value is -1.13. The SMILES string of the molecule is CCCc1ccccc1P(CCC)c1ccccc1. The van der Waals surface area contributed by atoms with Crippen molar-refractivity contribution >= 4 is 18.5 Å². The molecule has 2 aromatic carbocycles. The van der Waals surface area contributed by atoms with E-state index in [1.54, 1.807) is 10.9 Å². The third-order valence-electron chi connectivity index (χ3n) is 3.32. The first-order valence-electron chi connectivity index (χ1n) is 7.27. The first-order chi connectivity index (χ1) is 9.36. The standard InChI is InChI=1S/C18H23P/c1-3-10-16-11-8-9-14-18(16)19(15-4-2)17-12-6-5-7-13-17/h5-9,11-14H,3-4,10,15H2,1-2H3. The van der Waals surface area contributed by atoms with Crippen LogP contribution < -0.4 is 10.6 Å². The molecule has 1 atom stereocenters. The van der Waals surface area contributed by atoms with E-state index in [0.29, 0.717) is 0 Å². The molecule has 0 saturated carbocycles. The van der Waals surface area contributed by atoms with E-state index in [2.05, 4.69) is 68.4 Å². The van der Waals surface area contributed by atoms with Crippen molar-refractivity contribution in [2.24, 2.45) is 0 Å². The minimum atomic E-state index is -0.183. The van der Waals surface area contributed by atoms with Crippen molar-refractivity contribution in [2.45, 2.75) is 33.1 Å². The van der Waals surface area contributed by atoms with Crippen molar-refractivity contribution in [3.63, 3.8) is 0 Å². The molecule has 1 unspecified atom stereocenters. The molecule has 0 N–H and O–H groups in total. The van der Waals surface area contributed by atoms with Crippen LogP contribution in [-0.4, -0.2) is 6.16 Å². The van der Waals surface area contributed by atoms with Gasteiger partial charge in [-0.2, -0.15) is 0 Å². The van der Waals surface area contributed by atoms with E-state index in [9.17, 15) is 0 Å². The second-order valence-corrected chi connectivity index (χ2v) is 7.17. The molecule has 2 aromatic rings. The van der Waals surface area contributed by atoms with Crippen molar-refractivity contribution in [1.82, 2.24) is 0 Å². The number of aryl methyl sites for hydroxylation is 1. The lowest BCUT2D eigenvalue weighted by Crippen LogP contribution is -2.17. The summed E-state index contributed by atoms with van der Waals surface area (Å²) in [5.74, 6) is 0. The molecule has 0 aliphatic carbocycles. The highest BCUT2D eigenvalue weighted by Crippen LogP contribution is 2.35. The van der Waals surface area contributed by atoms with Gasteiger partial charge in [0.2, 0.25) is 0 Å². The summed E-state index contributed by atoms with van der Waals surface area (Å²) >= 11 is 0. The summed E-state index contributed by atoms with van der Waals surface area (Å²) in [4.78, 5) is 0. The first kappa shape index (κ1) is 14.3. The van der Waals surface area contributed by atoms with Crippen LogP contribution in [0.2, 0.25) is 0 Å². The molecule has 0 bridgehead atoms. The maximum atomic E-state index is 2.35. The van der Waals surface area contributed by atoms with Gasteiger partial charge in [0.15, 0.2) is 0 Å². The molecule has 0 spiro atoms. The molecule has 19 heavy (non-hydrogen) atoms. The van der Waals surface area contributed by atoms with Gasteiger partial charge in [-0.05, 0) is 36.7 Å². The van der Waals surface area contributed by atoms with Gasteiger partial charge in [-0.1, -0.05) is 81.3 Å². The maximum absolute atomic E-state index is 2.35. The summed E-state index contributed by atoms with van der Waals surface area (Å²) in [6, 6.07) is 20.1. The minimum Gasteiger partial charge on any atom is -0.0651 e. The van der Waals surface area contributed by atoms with Crippen molar-refractivity contribution in [3.8, 4) is 0 Å². The number of hydrogen-bond donors (Lipinski definition) is 0. The predicted octanol–water partition coefficient (Wildman–Crippen LogP) is 4.48. The smallest absolute Gasteiger partial charge is 0.0163 e. The lowest BCUT2D eigenvalue weighted by molar-refractivity contribution is 0.927. The predicted molar refractivity (Wildman–Crippen MR) is 88.2 cm³/mol. The van der Waals surface area contributed by atoms with Gasteiger partial charge in [0.05, 0.1) is 0 Å². The lowest BCUT2D eigenvalue weighted by atomic mass is 10.1. The Morgan fingerprint density at radius 2 is 1.47 bits per heavy atom. The third-order valence-corrected chi connectivity index (χ3v) is 6.15. The molecule has 0 nitrogen and oxygen atoms in total. The van der Waals surface area contributed by atoms with Crippen molar-refractivity contribution in [2.75, 3.05) is 6.16 Å². The zero-order chi connectivity index (χ0) is 13.5. The van der Waals surface area contributed by atoms with E-state index in [1.807, 2.05) is 0 Å². The topological polar surface area (TPSA) is 0 Å². The van der Waals surface area contributed by atoms with Crippen LogP contribution in [0.5, 0.6) is 0 Å². The fraction of sp³-hybridized carbons (Fsp3) is 0.333. The second kappa shape index (κ2) is 7.46. The summed E-state index contributed by atoms with van der Waals surface area (Å²) < 4.78 is 0. The van der Waals surface area contributed by atoms with Gasteiger partial charge < -0.3 is 0 Å². The van der Waals surface area contributed by atoms with Crippen LogP contribution in [0.4, 0.5) is 0 Å². The zero-order valence-electron chi connectivity index (χ0n) is 12.0. The van der Waals surface area contributed by atoms with E-state index < -0.39 is 0 Å². The molecule has 0 aliphatic rings. The Labute approximate surface area is 118 Å². The van der Waals surface area contributed by atoms with Crippen LogP contribution in [0.15, 0.2) is 54.6 Å². The molecule has 0 saturated heterocycles. The molecule has 2 rings (SSSR count). The first-order valence-corrected chi connectivity index (χ1v) is 8.80. The van der Waals surface area contributed by atoms with Gasteiger partial charge >= 0.3 is 0 Å². The highest BCUT2D eigenvalue weighted by Gasteiger charge is 2.15. The quantitative estimate of drug-likeness (QED) is 0.679. The molecular weight excluding hydrogens is 247 g/mol. The summed E-state index contributed by atoms with van der Waals surface area (Å²) in [6.45, 7) is 4.56. The monoisotopic (exact) mass is 270 g/mol. The molecule has 0 aliphatic heterocycles. The van der Waals surface area contributed by atoms with E-state index >= 15 is 0 Å². The van der Waals surface area contributed by atoms with Crippen LogP contribution >= 0.6 is 7.92 Å². The van der Waals surface area contributed by atoms with Crippen molar-refractivity contribution in [1.29, 1.82) is 0 Å². The van der Waals surface area contributed by atoms with E-state index in [-0.39, 0.29) is 7.92 Å². The molecule has 0 fully saturated rings. The maximum Gasteiger partial charge on any atom is -0.0163 e. The summed E-state index contributed by atoms with van der Waals surface area (Å²) in [5.41, 5.74) is 1.55. The van der Waals surface area contributed by atoms with Gasteiger partial charge in [-0.15, -0.1) is 0 Å². The Morgan fingerprint density at radius 1 is 0.789 bits per heavy atom. The Bertz CT molecular complexity index is 490. The second-order valence-electron chi connectivity index (χ2n) is 4.87. The van der Waals surface area contributed by atoms with Crippen LogP contribution in [0.1, 0.15) is 32.3 Å². The van der Waals surface area contributed by atoms with Gasteiger partial charge in [0.25, 0.3) is 0 Å². The van der Waals surface area contributed by atoms with Gasteiger partial charge in [-0.25, -0.2) is 0 Å². The van der Waals surface area contributed by atoms with Crippen LogP contribution in [0, 0.1) is 0 Å². The summed E-state index contributed by atoms with van der Waals surface area (Å²) in [6.07, 6.45) is 4.97. The fourth-order valence-electron chi connectivity index (χ4n) is 2.48. The molecule has 0 aromatic heterocycles. The summed E-state index contributed by atoms with van der Waals surface area (Å²) in [5, 5.41) is 3.11. The Kier molecular flexibility index (Phi) is 5.61. The molecule has 1 heteroatoms. The highest BCUT2D eigenvalue weighted by molar-refractivity contribution is 7.73. The number of benzene rings is 2. The normalized spacial score (nSPS) is 12.3. The van der Waals surface area contributed by atoms with E-state index in [1.165, 1.54) is 30.7 Å². The molecule has 0 amide bonds. The van der Waals surface area contributed by atoms with Gasteiger partial charge in [-0.3, -0.25) is 0 Å². The number of hydrogen-bond acceptors (Lipinski definition) is 0. The van der Waals surface area contributed by atoms with Crippen molar-refractivity contribution < 1.29 is 0 Å². The van der Waals surface area contributed by atoms with Crippen LogP contribution in [-0.2, 0) is 6.42 Å². The molecule has 100 valence electrons. The van der Waals surface area contributed by atoms with Crippen LogP contribution in [0.25, 0.3) is 0 Å². The van der Waals surface area contributed by atoms with E-state index in [0.717, 1.165) is 0 Å². The third kappa shape index (κ3) is 3.67. The molecule has 0 radical (unpaired) electrons. The zero-order valence-corrected chi connectivity index (χ0v) is 12.9. The average Bonchev–Trinajstić information content (AvgIpc) is 2.47. The molecular formula is C18H23P.